The molecular weight excluding hydrogens is 493 g/mol. The number of rotatable bonds is 11. The van der Waals surface area contributed by atoms with Gasteiger partial charge in [-0.25, -0.2) is 22.8 Å². The summed E-state index contributed by atoms with van der Waals surface area (Å²) < 4.78 is 53.2. The monoisotopic (exact) mass is 521 g/mol. The van der Waals surface area contributed by atoms with Crippen molar-refractivity contribution in [2.45, 2.75) is 39.0 Å². The third-order valence-electron chi connectivity index (χ3n) is 5.32. The van der Waals surface area contributed by atoms with Crippen molar-refractivity contribution in [1.29, 1.82) is 0 Å². The Hall–Kier alpha value is -3.74. The Labute approximate surface area is 208 Å². The summed E-state index contributed by atoms with van der Waals surface area (Å²) in [6, 6.07) is 4.91. The number of anilines is 1. The van der Waals surface area contributed by atoms with Crippen molar-refractivity contribution in [2.24, 2.45) is 0 Å². The number of hydrogen-bond donors (Lipinski definition) is 2. The summed E-state index contributed by atoms with van der Waals surface area (Å²) in [5.41, 5.74) is -1.26. The van der Waals surface area contributed by atoms with Crippen LogP contribution >= 0.6 is 0 Å². The molecule has 194 valence electrons. The van der Waals surface area contributed by atoms with Gasteiger partial charge in [0.25, 0.3) is 5.56 Å². The van der Waals surface area contributed by atoms with Gasteiger partial charge in [-0.3, -0.25) is 14.1 Å². The SMILES string of the molecule is CCCCc1nc(O)c(NS(=O)(=O)C[C@H](C)c2ncc(F)cn2)c(=O)n1-c1c(OC)cccc1OC. The Morgan fingerprint density at radius 2 is 1.78 bits per heavy atom. The first-order valence-electron chi connectivity index (χ1n) is 11.2. The van der Waals surface area contributed by atoms with Gasteiger partial charge in [-0.2, -0.15) is 4.98 Å². The van der Waals surface area contributed by atoms with E-state index < -0.39 is 44.6 Å². The fourth-order valence-corrected chi connectivity index (χ4v) is 4.99. The van der Waals surface area contributed by atoms with Gasteiger partial charge in [0.1, 0.15) is 28.8 Å². The molecular formula is C23H28FN5O6S. The van der Waals surface area contributed by atoms with Crippen molar-refractivity contribution in [1.82, 2.24) is 19.5 Å². The van der Waals surface area contributed by atoms with Crippen LogP contribution in [0.1, 0.15) is 44.3 Å². The molecule has 36 heavy (non-hydrogen) atoms. The molecule has 2 aromatic heterocycles. The predicted molar refractivity (Wildman–Crippen MR) is 131 cm³/mol. The van der Waals surface area contributed by atoms with Crippen molar-refractivity contribution in [3.05, 3.63) is 58.4 Å². The number of aryl methyl sites for hydroxylation is 1. The number of nitrogens with zero attached hydrogens (tertiary/aromatic N) is 4. The number of halogens is 1. The molecule has 0 bridgehead atoms. The second-order valence-corrected chi connectivity index (χ2v) is 9.79. The number of aromatic nitrogens is 4. The number of aromatic hydroxyl groups is 1. The molecule has 1 atom stereocenters. The highest BCUT2D eigenvalue weighted by Crippen LogP contribution is 2.33. The Bertz CT molecular complexity index is 1360. The van der Waals surface area contributed by atoms with Crippen LogP contribution in [0.2, 0.25) is 0 Å². The molecule has 3 rings (SSSR count). The van der Waals surface area contributed by atoms with Gasteiger partial charge in [-0.1, -0.05) is 26.3 Å². The zero-order valence-electron chi connectivity index (χ0n) is 20.4. The molecule has 2 heterocycles. The van der Waals surface area contributed by atoms with Crippen LogP contribution in [0.3, 0.4) is 0 Å². The lowest BCUT2D eigenvalue weighted by atomic mass is 10.2. The van der Waals surface area contributed by atoms with E-state index in [0.29, 0.717) is 12.8 Å². The van der Waals surface area contributed by atoms with E-state index in [9.17, 15) is 22.7 Å². The fraction of sp³-hybridized carbons (Fsp3) is 0.391. The highest BCUT2D eigenvalue weighted by Gasteiger charge is 2.27. The van der Waals surface area contributed by atoms with Gasteiger partial charge in [0, 0.05) is 12.3 Å². The number of unbranched alkanes of at least 4 members (excludes halogenated alkanes) is 1. The normalized spacial score (nSPS) is 12.2. The van der Waals surface area contributed by atoms with E-state index >= 15 is 0 Å². The van der Waals surface area contributed by atoms with Crippen LogP contribution in [0.5, 0.6) is 17.4 Å². The highest BCUT2D eigenvalue weighted by molar-refractivity contribution is 7.92. The lowest BCUT2D eigenvalue weighted by molar-refractivity contribution is 0.388. The third-order valence-corrected chi connectivity index (χ3v) is 6.78. The molecule has 3 aromatic rings. The van der Waals surface area contributed by atoms with Crippen molar-refractivity contribution in [3.63, 3.8) is 0 Å². The first kappa shape index (κ1) is 26.9. The second-order valence-electron chi connectivity index (χ2n) is 8.03. The number of sulfonamides is 1. The molecule has 0 spiro atoms. The largest absolute Gasteiger partial charge is 0.494 e. The van der Waals surface area contributed by atoms with Gasteiger partial charge in [-0.05, 0) is 18.6 Å². The topological polar surface area (TPSA) is 146 Å². The zero-order valence-corrected chi connectivity index (χ0v) is 21.2. The van der Waals surface area contributed by atoms with Gasteiger partial charge in [0.2, 0.25) is 15.9 Å². The molecule has 13 heteroatoms. The molecule has 0 fully saturated rings. The first-order chi connectivity index (χ1) is 17.1. The maximum atomic E-state index is 13.6. The van der Waals surface area contributed by atoms with Gasteiger partial charge in [-0.15, -0.1) is 0 Å². The molecule has 11 nitrogen and oxygen atoms in total. The minimum Gasteiger partial charge on any atom is -0.494 e. The summed E-state index contributed by atoms with van der Waals surface area (Å²) in [6.07, 6.45) is 3.64. The molecule has 0 saturated carbocycles. The minimum absolute atomic E-state index is 0.107. The summed E-state index contributed by atoms with van der Waals surface area (Å²) in [5, 5.41) is 10.6. The van der Waals surface area contributed by atoms with E-state index in [1.54, 1.807) is 18.2 Å². The number of para-hydroxylation sites is 1. The van der Waals surface area contributed by atoms with Gasteiger partial charge >= 0.3 is 0 Å². The molecule has 0 aliphatic heterocycles. The van der Waals surface area contributed by atoms with Crippen LogP contribution in [-0.2, 0) is 16.4 Å². The Morgan fingerprint density at radius 3 is 2.33 bits per heavy atom. The average Bonchev–Trinajstić information content (AvgIpc) is 2.85. The van der Waals surface area contributed by atoms with Crippen molar-refractivity contribution >= 4 is 15.7 Å². The summed E-state index contributed by atoms with van der Waals surface area (Å²) in [6.45, 7) is 3.50. The molecule has 0 aliphatic rings. The Balaban J connectivity index is 2.10. The van der Waals surface area contributed by atoms with Gasteiger partial charge < -0.3 is 14.6 Å². The fourth-order valence-electron chi connectivity index (χ4n) is 3.60. The van der Waals surface area contributed by atoms with Crippen molar-refractivity contribution in [2.75, 3.05) is 24.7 Å². The smallest absolute Gasteiger partial charge is 0.286 e. The van der Waals surface area contributed by atoms with E-state index in [1.807, 2.05) is 6.92 Å². The Morgan fingerprint density at radius 1 is 1.17 bits per heavy atom. The van der Waals surface area contributed by atoms with Crippen LogP contribution in [0.25, 0.3) is 5.69 Å². The second kappa shape index (κ2) is 11.3. The van der Waals surface area contributed by atoms with Crippen LogP contribution < -0.4 is 19.8 Å². The van der Waals surface area contributed by atoms with Gasteiger partial charge in [0.15, 0.2) is 11.5 Å². The van der Waals surface area contributed by atoms with Crippen LogP contribution in [0.4, 0.5) is 10.1 Å². The zero-order chi connectivity index (χ0) is 26.5. The number of nitrogens with one attached hydrogen (secondary N) is 1. The number of hydrogen-bond acceptors (Lipinski definition) is 9. The van der Waals surface area contributed by atoms with E-state index in [2.05, 4.69) is 19.7 Å². The number of ether oxygens (including phenoxy) is 2. The highest BCUT2D eigenvalue weighted by atomic mass is 32.2. The molecule has 0 unspecified atom stereocenters. The third kappa shape index (κ3) is 5.90. The molecule has 0 amide bonds. The Kier molecular flexibility index (Phi) is 8.45. The summed E-state index contributed by atoms with van der Waals surface area (Å²) in [5.74, 6) is -1.79. The maximum absolute atomic E-state index is 13.6. The standard InChI is InChI=1S/C23H28FN5O6S/c1-5-6-10-18-27-22(30)19(23(31)29(18)20-16(34-3)8-7-9-17(20)35-4)28-36(32,33)13-14(2)21-25-11-15(24)12-26-21/h7-9,11-12,14,28,30H,5-6,10,13H2,1-4H3/t14-/m0/s1. The van der Waals surface area contributed by atoms with Crippen molar-refractivity contribution < 1.29 is 27.4 Å². The van der Waals surface area contributed by atoms with E-state index in [1.165, 1.54) is 25.7 Å². The quantitative estimate of drug-likeness (QED) is 0.389. The van der Waals surface area contributed by atoms with Crippen molar-refractivity contribution in [3.8, 4) is 23.1 Å². The predicted octanol–water partition coefficient (Wildman–Crippen LogP) is 2.77. The first-order valence-corrected chi connectivity index (χ1v) is 12.8. The van der Waals surface area contributed by atoms with Gasteiger partial charge in [0.05, 0.1) is 32.4 Å². The summed E-state index contributed by atoms with van der Waals surface area (Å²) >= 11 is 0. The van der Waals surface area contributed by atoms with Crippen LogP contribution in [0.15, 0.2) is 35.4 Å². The number of benzene rings is 1. The molecule has 0 aliphatic carbocycles. The molecule has 0 radical (unpaired) electrons. The molecule has 2 N–H and O–H groups in total. The maximum Gasteiger partial charge on any atom is 0.286 e. The minimum atomic E-state index is -4.20. The average molecular weight is 522 g/mol. The van der Waals surface area contributed by atoms with Crippen LogP contribution in [-0.4, -0.2) is 53.0 Å². The summed E-state index contributed by atoms with van der Waals surface area (Å²) in [4.78, 5) is 25.4. The van der Waals surface area contributed by atoms with E-state index in [0.717, 1.165) is 18.8 Å². The van der Waals surface area contributed by atoms with E-state index in [4.69, 9.17) is 9.47 Å². The molecule has 0 saturated heterocycles. The number of methoxy groups -OCH3 is 2. The van der Waals surface area contributed by atoms with E-state index in [-0.39, 0.29) is 28.8 Å². The lowest BCUT2D eigenvalue weighted by Gasteiger charge is -2.20. The van der Waals surface area contributed by atoms with Crippen LogP contribution in [0, 0.1) is 5.82 Å². The lowest BCUT2D eigenvalue weighted by Crippen LogP contribution is -2.31. The summed E-state index contributed by atoms with van der Waals surface area (Å²) in [7, 11) is -1.35. The molecule has 1 aromatic carbocycles.